The number of rotatable bonds is 5. The third kappa shape index (κ3) is 6.09. The van der Waals surface area contributed by atoms with Crippen LogP contribution < -0.4 is 11.1 Å². The van der Waals surface area contributed by atoms with E-state index >= 15 is 0 Å². The zero-order valence-electron chi connectivity index (χ0n) is 22.7. The van der Waals surface area contributed by atoms with Gasteiger partial charge in [0, 0.05) is 42.5 Å². The Balaban J connectivity index is 1.32. The molecule has 2 unspecified atom stereocenters. The third-order valence-corrected chi connectivity index (χ3v) is 10.1. The summed E-state index contributed by atoms with van der Waals surface area (Å²) in [6, 6.07) is 8.09. The number of hydrogen-bond acceptors (Lipinski definition) is 9. The molecule has 11 nitrogen and oxygen atoms in total. The fraction of sp³-hybridized carbons (Fsp3) is 0.407. The first-order valence-electron chi connectivity index (χ1n) is 13.0. The molecule has 3 heterocycles. The van der Waals surface area contributed by atoms with Crippen LogP contribution in [0.5, 0.6) is 0 Å². The lowest BCUT2D eigenvalue weighted by Gasteiger charge is -2.38. The van der Waals surface area contributed by atoms with Crippen molar-refractivity contribution in [2.75, 3.05) is 19.6 Å². The van der Waals surface area contributed by atoms with Crippen molar-refractivity contribution in [3.05, 3.63) is 57.0 Å². The molecule has 41 heavy (non-hydrogen) atoms. The predicted molar refractivity (Wildman–Crippen MR) is 154 cm³/mol. The summed E-state index contributed by atoms with van der Waals surface area (Å²) >= 11 is 7.21. The van der Waals surface area contributed by atoms with Crippen molar-refractivity contribution in [2.45, 2.75) is 56.3 Å². The highest BCUT2D eigenvalue weighted by atomic mass is 35.5. The van der Waals surface area contributed by atoms with E-state index in [2.05, 4.69) is 10.3 Å². The smallest absolute Gasteiger partial charge is 0.324 e. The molecule has 2 aromatic carbocycles. The number of primary amides is 1. The number of nitrogens with one attached hydrogen (secondary N) is 1. The summed E-state index contributed by atoms with van der Waals surface area (Å²) in [6.45, 7) is 5.36. The minimum absolute atomic E-state index is 0.0239. The van der Waals surface area contributed by atoms with E-state index < -0.39 is 45.5 Å². The summed E-state index contributed by atoms with van der Waals surface area (Å²) in [5.74, 6) is -1.73. The van der Waals surface area contributed by atoms with E-state index in [9.17, 15) is 22.8 Å². The average molecular weight is 620 g/mol. The molecule has 0 spiro atoms. The number of piperazine rings is 1. The lowest BCUT2D eigenvalue weighted by molar-refractivity contribution is -0.157. The van der Waals surface area contributed by atoms with Crippen LogP contribution in [-0.2, 0) is 37.3 Å². The van der Waals surface area contributed by atoms with Crippen molar-refractivity contribution >= 4 is 61.5 Å². The highest BCUT2D eigenvalue weighted by Crippen LogP contribution is 2.29. The molecule has 0 radical (unpaired) electrons. The highest BCUT2D eigenvalue weighted by molar-refractivity contribution is 7.89. The standard InChI is InChI=1S/C27H30ClN5O6S2/c1-27(2,3)39-26(36)20-12-19-22(13-30-20)40-24(31-19)25(35)33-9-8-32(14-21(33)23(29)34)41(37,38)18-7-5-15-10-17(28)6-4-16(15)11-18/h4-7,10-11,20-21,30H,8-9,12-14H2,1-3H3,(H2,29,34). The van der Waals surface area contributed by atoms with Crippen molar-refractivity contribution in [3.8, 4) is 0 Å². The molecule has 2 amide bonds. The molecule has 3 aromatic rings. The number of fused-ring (bicyclic) bond motifs is 2. The van der Waals surface area contributed by atoms with Gasteiger partial charge in [0.1, 0.15) is 17.7 Å². The number of halogens is 1. The predicted octanol–water partition coefficient (Wildman–Crippen LogP) is 2.31. The van der Waals surface area contributed by atoms with Crippen LogP contribution in [-0.4, -0.2) is 77.7 Å². The van der Waals surface area contributed by atoms with Crippen LogP contribution in [0.4, 0.5) is 0 Å². The first-order valence-corrected chi connectivity index (χ1v) is 15.6. The number of ether oxygens (including phenoxy) is 1. The maximum Gasteiger partial charge on any atom is 0.324 e. The van der Waals surface area contributed by atoms with Crippen LogP contribution in [0.2, 0.25) is 5.02 Å². The van der Waals surface area contributed by atoms with E-state index in [1.54, 1.807) is 51.1 Å². The molecule has 1 aromatic heterocycles. The Labute approximate surface area is 246 Å². The second-order valence-corrected chi connectivity index (χ2v) is 14.5. The molecule has 2 atom stereocenters. The van der Waals surface area contributed by atoms with E-state index in [0.29, 0.717) is 22.6 Å². The van der Waals surface area contributed by atoms with Crippen LogP contribution in [0.25, 0.3) is 10.8 Å². The monoisotopic (exact) mass is 619 g/mol. The van der Waals surface area contributed by atoms with Gasteiger partial charge in [-0.05, 0) is 55.8 Å². The van der Waals surface area contributed by atoms with E-state index in [4.69, 9.17) is 22.1 Å². The average Bonchev–Trinajstić information content (AvgIpc) is 3.34. The SMILES string of the molecule is CC(C)(C)OC(=O)C1Cc2nc(C(=O)N3CCN(S(=O)(=O)c4ccc5cc(Cl)ccc5c4)CC3C(N)=O)sc2CN1. The minimum Gasteiger partial charge on any atom is -0.459 e. The van der Waals surface area contributed by atoms with Gasteiger partial charge in [0.15, 0.2) is 5.01 Å². The minimum atomic E-state index is -3.98. The van der Waals surface area contributed by atoms with Crippen molar-refractivity contribution in [1.82, 2.24) is 19.5 Å². The summed E-state index contributed by atoms with van der Waals surface area (Å²) < 4.78 is 33.7. The van der Waals surface area contributed by atoms with Crippen LogP contribution in [0, 0.1) is 0 Å². The molecular weight excluding hydrogens is 590 g/mol. The topological polar surface area (TPSA) is 152 Å². The van der Waals surface area contributed by atoms with Crippen molar-refractivity contribution in [1.29, 1.82) is 0 Å². The van der Waals surface area contributed by atoms with Gasteiger partial charge < -0.3 is 15.4 Å². The molecule has 0 bridgehead atoms. The number of carbonyl (C=O) groups is 3. The molecule has 1 fully saturated rings. The lowest BCUT2D eigenvalue weighted by Crippen LogP contribution is -2.60. The summed E-state index contributed by atoms with van der Waals surface area (Å²) in [5, 5.41) is 5.31. The van der Waals surface area contributed by atoms with Gasteiger partial charge >= 0.3 is 5.97 Å². The number of nitrogens with zero attached hydrogens (tertiary/aromatic N) is 3. The fourth-order valence-electron chi connectivity index (χ4n) is 4.88. The Bertz CT molecular complexity index is 1650. The number of carbonyl (C=O) groups excluding carboxylic acids is 3. The molecule has 0 aliphatic carbocycles. The number of nitrogens with two attached hydrogens (primary N) is 1. The Morgan fingerprint density at radius 2 is 1.83 bits per heavy atom. The molecule has 218 valence electrons. The highest BCUT2D eigenvalue weighted by Gasteiger charge is 2.41. The van der Waals surface area contributed by atoms with Crippen molar-refractivity contribution < 1.29 is 27.5 Å². The molecule has 1 saturated heterocycles. The summed E-state index contributed by atoms with van der Waals surface area (Å²) in [4.78, 5) is 45.1. The van der Waals surface area contributed by atoms with Gasteiger partial charge in [-0.25, -0.2) is 13.4 Å². The van der Waals surface area contributed by atoms with Gasteiger partial charge in [-0.15, -0.1) is 11.3 Å². The Hall–Kier alpha value is -3.10. The quantitative estimate of drug-likeness (QED) is 0.413. The number of benzene rings is 2. The zero-order chi connectivity index (χ0) is 29.7. The summed E-state index contributed by atoms with van der Waals surface area (Å²) in [5.41, 5.74) is 5.64. The van der Waals surface area contributed by atoms with Crippen LogP contribution >= 0.6 is 22.9 Å². The number of hydrogen-bond donors (Lipinski definition) is 2. The number of aromatic nitrogens is 1. The molecule has 2 aliphatic rings. The summed E-state index contributed by atoms with van der Waals surface area (Å²) in [6.07, 6.45) is 0.261. The Kier molecular flexibility index (Phi) is 7.85. The lowest BCUT2D eigenvalue weighted by atomic mass is 10.1. The second-order valence-electron chi connectivity index (χ2n) is 11.0. The first kappa shape index (κ1) is 29.4. The number of sulfonamides is 1. The van der Waals surface area contributed by atoms with E-state index in [0.717, 1.165) is 10.3 Å². The molecule has 5 rings (SSSR count). The third-order valence-electron chi connectivity index (χ3n) is 6.90. The number of amides is 2. The van der Waals surface area contributed by atoms with E-state index in [1.807, 2.05) is 0 Å². The molecular formula is C27H30ClN5O6S2. The van der Waals surface area contributed by atoms with Gasteiger partial charge in [-0.2, -0.15) is 4.31 Å². The van der Waals surface area contributed by atoms with Crippen molar-refractivity contribution in [3.63, 3.8) is 0 Å². The van der Waals surface area contributed by atoms with Gasteiger partial charge in [0.25, 0.3) is 5.91 Å². The van der Waals surface area contributed by atoms with E-state index in [1.165, 1.54) is 26.6 Å². The maximum absolute atomic E-state index is 13.5. The Morgan fingerprint density at radius 1 is 1.12 bits per heavy atom. The van der Waals surface area contributed by atoms with Gasteiger partial charge in [-0.3, -0.25) is 19.7 Å². The maximum atomic E-state index is 13.5. The normalized spacial score (nSPS) is 20.0. The largest absolute Gasteiger partial charge is 0.459 e. The summed E-state index contributed by atoms with van der Waals surface area (Å²) in [7, 11) is -3.98. The molecule has 2 aliphatic heterocycles. The molecule has 0 saturated carbocycles. The second kappa shape index (κ2) is 11.0. The van der Waals surface area contributed by atoms with Gasteiger partial charge in [0.05, 0.1) is 10.6 Å². The first-order chi connectivity index (χ1) is 19.2. The fourth-order valence-corrected chi connectivity index (χ4v) is 7.53. The number of esters is 1. The zero-order valence-corrected chi connectivity index (χ0v) is 25.1. The van der Waals surface area contributed by atoms with Crippen molar-refractivity contribution in [2.24, 2.45) is 5.73 Å². The van der Waals surface area contributed by atoms with Crippen LogP contribution in [0.1, 0.15) is 41.1 Å². The van der Waals surface area contributed by atoms with Crippen LogP contribution in [0.15, 0.2) is 41.3 Å². The molecule has 14 heteroatoms. The number of thiazole rings is 1. The molecule has 3 N–H and O–H groups in total. The van der Waals surface area contributed by atoms with Crippen LogP contribution in [0.3, 0.4) is 0 Å². The van der Waals surface area contributed by atoms with Gasteiger partial charge in [0.2, 0.25) is 15.9 Å². The van der Waals surface area contributed by atoms with E-state index in [-0.39, 0.29) is 36.0 Å². The Morgan fingerprint density at radius 3 is 2.54 bits per heavy atom. The van der Waals surface area contributed by atoms with Gasteiger partial charge in [-0.1, -0.05) is 23.7 Å².